The van der Waals surface area contributed by atoms with Crippen LogP contribution in [0.3, 0.4) is 0 Å². The van der Waals surface area contributed by atoms with E-state index in [0.717, 1.165) is 12.3 Å². The zero-order valence-corrected chi connectivity index (χ0v) is 12.0. The molecule has 102 valence electrons. The molecule has 0 aliphatic carbocycles. The molecule has 1 saturated heterocycles. The zero-order chi connectivity index (χ0) is 12.7. The standard InChI is InChI=1S/C15H31NO/c1-4-8-13(2)12-16-10-7-5-6-9-15(16)11-14(3)17/h13-15,17H,4-12H2,1-3H3. The first kappa shape index (κ1) is 15.0. The lowest BCUT2D eigenvalue weighted by Crippen LogP contribution is -2.39. The summed E-state index contributed by atoms with van der Waals surface area (Å²) in [5.41, 5.74) is 0. The van der Waals surface area contributed by atoms with E-state index in [9.17, 15) is 5.11 Å². The molecule has 17 heavy (non-hydrogen) atoms. The van der Waals surface area contributed by atoms with Crippen molar-refractivity contribution in [2.45, 2.75) is 77.9 Å². The van der Waals surface area contributed by atoms with Crippen molar-refractivity contribution in [1.29, 1.82) is 0 Å². The number of aliphatic hydroxyl groups is 1. The van der Waals surface area contributed by atoms with E-state index in [2.05, 4.69) is 18.7 Å². The molecule has 0 spiro atoms. The highest BCUT2D eigenvalue weighted by Gasteiger charge is 2.23. The third-order valence-corrected chi connectivity index (χ3v) is 3.94. The summed E-state index contributed by atoms with van der Waals surface area (Å²) in [5.74, 6) is 0.801. The van der Waals surface area contributed by atoms with Gasteiger partial charge in [0.05, 0.1) is 6.10 Å². The average Bonchev–Trinajstić information content (AvgIpc) is 2.44. The van der Waals surface area contributed by atoms with E-state index >= 15 is 0 Å². The highest BCUT2D eigenvalue weighted by Crippen LogP contribution is 2.22. The minimum atomic E-state index is -0.151. The lowest BCUT2D eigenvalue weighted by Gasteiger charge is -2.33. The number of rotatable bonds is 6. The zero-order valence-electron chi connectivity index (χ0n) is 12.0. The number of hydrogen-bond acceptors (Lipinski definition) is 2. The summed E-state index contributed by atoms with van der Waals surface area (Å²) in [6.07, 6.45) is 8.76. The normalized spacial score (nSPS) is 26.5. The fourth-order valence-corrected chi connectivity index (χ4v) is 3.12. The molecule has 0 aromatic rings. The van der Waals surface area contributed by atoms with E-state index in [0.29, 0.717) is 6.04 Å². The van der Waals surface area contributed by atoms with Gasteiger partial charge in [0.15, 0.2) is 0 Å². The van der Waals surface area contributed by atoms with Gasteiger partial charge in [-0.3, -0.25) is 0 Å². The van der Waals surface area contributed by atoms with E-state index < -0.39 is 0 Å². The van der Waals surface area contributed by atoms with Gasteiger partial charge in [-0.1, -0.05) is 33.1 Å². The van der Waals surface area contributed by atoms with Crippen molar-refractivity contribution in [3.05, 3.63) is 0 Å². The Bertz CT molecular complexity index is 193. The molecule has 3 unspecified atom stereocenters. The molecule has 0 bridgehead atoms. The molecule has 1 N–H and O–H groups in total. The predicted molar refractivity (Wildman–Crippen MR) is 74.2 cm³/mol. The van der Waals surface area contributed by atoms with Crippen molar-refractivity contribution in [2.24, 2.45) is 5.92 Å². The van der Waals surface area contributed by atoms with Gasteiger partial charge >= 0.3 is 0 Å². The Morgan fingerprint density at radius 1 is 1.24 bits per heavy atom. The molecule has 0 aromatic heterocycles. The van der Waals surface area contributed by atoms with E-state index in [-0.39, 0.29) is 6.10 Å². The van der Waals surface area contributed by atoms with Crippen LogP contribution >= 0.6 is 0 Å². The molecule has 0 aromatic carbocycles. The Morgan fingerprint density at radius 3 is 2.65 bits per heavy atom. The second-order valence-electron chi connectivity index (χ2n) is 5.98. The molecule has 2 heteroatoms. The van der Waals surface area contributed by atoms with Crippen LogP contribution in [0.5, 0.6) is 0 Å². The van der Waals surface area contributed by atoms with E-state index in [4.69, 9.17) is 0 Å². The van der Waals surface area contributed by atoms with Crippen LogP contribution in [-0.4, -0.2) is 35.2 Å². The summed E-state index contributed by atoms with van der Waals surface area (Å²) >= 11 is 0. The topological polar surface area (TPSA) is 23.5 Å². The smallest absolute Gasteiger partial charge is 0.0527 e. The van der Waals surface area contributed by atoms with Crippen LogP contribution < -0.4 is 0 Å². The van der Waals surface area contributed by atoms with Crippen LogP contribution in [0.15, 0.2) is 0 Å². The van der Waals surface area contributed by atoms with Crippen LogP contribution in [0.4, 0.5) is 0 Å². The van der Waals surface area contributed by atoms with Crippen molar-refractivity contribution in [2.75, 3.05) is 13.1 Å². The SMILES string of the molecule is CCCC(C)CN1CCCCCC1CC(C)O. The van der Waals surface area contributed by atoms with Gasteiger partial charge in [0.25, 0.3) is 0 Å². The second-order valence-corrected chi connectivity index (χ2v) is 5.98. The summed E-state index contributed by atoms with van der Waals surface area (Å²) < 4.78 is 0. The van der Waals surface area contributed by atoms with Crippen molar-refractivity contribution in [3.8, 4) is 0 Å². The van der Waals surface area contributed by atoms with Gasteiger partial charge < -0.3 is 10.0 Å². The first-order valence-corrected chi connectivity index (χ1v) is 7.55. The first-order chi connectivity index (χ1) is 8.13. The molecule has 0 amide bonds. The maximum Gasteiger partial charge on any atom is 0.0527 e. The summed E-state index contributed by atoms with van der Waals surface area (Å²) in [4.78, 5) is 2.65. The number of likely N-dealkylation sites (tertiary alicyclic amines) is 1. The predicted octanol–water partition coefficient (Wildman–Crippen LogP) is 3.44. The molecule has 1 aliphatic heterocycles. The Hall–Kier alpha value is -0.0800. The monoisotopic (exact) mass is 241 g/mol. The molecule has 1 heterocycles. The van der Waals surface area contributed by atoms with Gasteiger partial charge in [0.2, 0.25) is 0 Å². The maximum atomic E-state index is 9.63. The van der Waals surface area contributed by atoms with E-state index in [1.807, 2.05) is 6.92 Å². The molecular weight excluding hydrogens is 210 g/mol. The van der Waals surface area contributed by atoms with Gasteiger partial charge in [0.1, 0.15) is 0 Å². The summed E-state index contributed by atoms with van der Waals surface area (Å²) in [7, 11) is 0. The molecule has 0 saturated carbocycles. The van der Waals surface area contributed by atoms with Crippen molar-refractivity contribution >= 4 is 0 Å². The van der Waals surface area contributed by atoms with Gasteiger partial charge in [-0.2, -0.15) is 0 Å². The fraction of sp³-hybridized carbons (Fsp3) is 1.00. The molecule has 1 fully saturated rings. The minimum Gasteiger partial charge on any atom is -0.393 e. The second kappa shape index (κ2) is 8.10. The highest BCUT2D eigenvalue weighted by atomic mass is 16.3. The van der Waals surface area contributed by atoms with Gasteiger partial charge in [-0.15, -0.1) is 0 Å². The Labute approximate surface area is 107 Å². The summed E-state index contributed by atoms with van der Waals surface area (Å²) in [6.45, 7) is 9.04. The minimum absolute atomic E-state index is 0.151. The molecule has 1 rings (SSSR count). The first-order valence-electron chi connectivity index (χ1n) is 7.55. The highest BCUT2D eigenvalue weighted by molar-refractivity contribution is 4.78. The number of nitrogens with zero attached hydrogens (tertiary/aromatic N) is 1. The van der Waals surface area contributed by atoms with Crippen molar-refractivity contribution < 1.29 is 5.11 Å². The average molecular weight is 241 g/mol. The molecule has 0 radical (unpaired) electrons. The molecule has 1 aliphatic rings. The van der Waals surface area contributed by atoms with Crippen LogP contribution in [0, 0.1) is 5.92 Å². The summed E-state index contributed by atoms with van der Waals surface area (Å²) in [5, 5.41) is 9.63. The number of aliphatic hydroxyl groups excluding tert-OH is 1. The Morgan fingerprint density at radius 2 is 2.00 bits per heavy atom. The lowest BCUT2D eigenvalue weighted by molar-refractivity contribution is 0.102. The van der Waals surface area contributed by atoms with Gasteiger partial charge in [-0.25, -0.2) is 0 Å². The third-order valence-electron chi connectivity index (χ3n) is 3.94. The van der Waals surface area contributed by atoms with Gasteiger partial charge in [0, 0.05) is 12.6 Å². The van der Waals surface area contributed by atoms with Crippen LogP contribution in [0.1, 0.15) is 65.7 Å². The Kier molecular flexibility index (Phi) is 7.14. The molecule has 3 atom stereocenters. The van der Waals surface area contributed by atoms with Gasteiger partial charge in [-0.05, 0) is 45.1 Å². The lowest BCUT2D eigenvalue weighted by atomic mass is 10.0. The summed E-state index contributed by atoms with van der Waals surface area (Å²) in [6, 6.07) is 0.622. The van der Waals surface area contributed by atoms with Crippen molar-refractivity contribution in [1.82, 2.24) is 4.90 Å². The van der Waals surface area contributed by atoms with Crippen LogP contribution in [-0.2, 0) is 0 Å². The number of hydrogen-bond donors (Lipinski definition) is 1. The molecule has 2 nitrogen and oxygen atoms in total. The van der Waals surface area contributed by atoms with Crippen molar-refractivity contribution in [3.63, 3.8) is 0 Å². The Balaban J connectivity index is 2.49. The molecular formula is C15H31NO. The van der Waals surface area contributed by atoms with E-state index in [1.54, 1.807) is 0 Å². The largest absolute Gasteiger partial charge is 0.393 e. The van der Waals surface area contributed by atoms with E-state index in [1.165, 1.54) is 51.6 Å². The quantitative estimate of drug-likeness (QED) is 0.770. The third kappa shape index (κ3) is 5.87. The fourth-order valence-electron chi connectivity index (χ4n) is 3.12. The maximum absolute atomic E-state index is 9.63. The van der Waals surface area contributed by atoms with Crippen LogP contribution in [0.25, 0.3) is 0 Å². The van der Waals surface area contributed by atoms with Crippen LogP contribution in [0.2, 0.25) is 0 Å².